The quantitative estimate of drug-likeness (QED) is 0.600. The highest BCUT2D eigenvalue weighted by Crippen LogP contribution is 2.27. The zero-order valence-electron chi connectivity index (χ0n) is 8.42. The van der Waals surface area contributed by atoms with Crippen LogP contribution in [0.3, 0.4) is 0 Å². The largest absolute Gasteiger partial charge is 0.503 e. The minimum atomic E-state index is -2.45. The molecule has 0 rings (SSSR count). The second kappa shape index (κ2) is 5.69. The van der Waals surface area contributed by atoms with E-state index in [4.69, 9.17) is 13.3 Å². The molecule has 0 aromatic heterocycles. The van der Waals surface area contributed by atoms with Gasteiger partial charge in [-0.2, -0.15) is 0 Å². The molecule has 0 amide bonds. The molecule has 1 unspecified atom stereocenters. The summed E-state index contributed by atoms with van der Waals surface area (Å²) in [6, 6.07) is 0. The molecule has 4 heteroatoms. The molecular weight excluding hydrogens is 172 g/mol. The van der Waals surface area contributed by atoms with Crippen LogP contribution >= 0.6 is 0 Å². The topological polar surface area (TPSA) is 27.7 Å². The van der Waals surface area contributed by atoms with Crippen molar-refractivity contribution in [2.24, 2.45) is 0 Å². The van der Waals surface area contributed by atoms with Gasteiger partial charge in [0.05, 0.1) is 0 Å². The molecule has 0 spiro atoms. The highest BCUT2D eigenvalue weighted by atomic mass is 28.4. The molecule has 0 aliphatic heterocycles. The van der Waals surface area contributed by atoms with E-state index in [1.165, 1.54) is 0 Å². The van der Waals surface area contributed by atoms with Crippen LogP contribution in [0, 0.1) is 6.92 Å². The molecule has 1 radical (unpaired) electrons. The maximum absolute atomic E-state index is 5.28. The van der Waals surface area contributed by atoms with Crippen molar-refractivity contribution in [3.63, 3.8) is 0 Å². The molecule has 0 heterocycles. The van der Waals surface area contributed by atoms with E-state index in [0.717, 1.165) is 12.8 Å². The normalized spacial score (nSPS) is 14.8. The second-order valence-electron chi connectivity index (χ2n) is 2.70. The van der Waals surface area contributed by atoms with Crippen LogP contribution in [0.25, 0.3) is 0 Å². The fraction of sp³-hybridized carbons (Fsp3) is 0.875. The van der Waals surface area contributed by atoms with Crippen LogP contribution in [-0.2, 0) is 13.3 Å². The number of hydrogen-bond donors (Lipinski definition) is 0. The molecule has 0 saturated carbocycles. The minimum absolute atomic E-state index is 0.127. The van der Waals surface area contributed by atoms with Gasteiger partial charge in [0, 0.05) is 26.9 Å². The monoisotopic (exact) mass is 191 g/mol. The van der Waals surface area contributed by atoms with Gasteiger partial charge in [-0.3, -0.25) is 0 Å². The Morgan fingerprint density at radius 1 is 1.17 bits per heavy atom. The molecule has 3 nitrogen and oxygen atoms in total. The average Bonchev–Trinajstić information content (AvgIpc) is 2.09. The first kappa shape index (κ1) is 12.1. The first-order valence-corrected chi connectivity index (χ1v) is 5.95. The molecule has 0 N–H and O–H groups in total. The van der Waals surface area contributed by atoms with Gasteiger partial charge in [-0.05, 0) is 13.3 Å². The van der Waals surface area contributed by atoms with Gasteiger partial charge in [-0.1, -0.05) is 13.3 Å². The van der Waals surface area contributed by atoms with Gasteiger partial charge in [-0.25, -0.2) is 0 Å². The summed E-state index contributed by atoms with van der Waals surface area (Å²) >= 11 is 0. The van der Waals surface area contributed by atoms with Crippen LogP contribution in [0.15, 0.2) is 0 Å². The molecule has 0 aromatic rings. The third-order valence-corrected chi connectivity index (χ3v) is 4.99. The molecule has 1 atom stereocenters. The summed E-state index contributed by atoms with van der Waals surface area (Å²) in [7, 11) is 2.40. The van der Waals surface area contributed by atoms with E-state index in [0.29, 0.717) is 0 Å². The Morgan fingerprint density at radius 2 is 1.58 bits per heavy atom. The highest BCUT2D eigenvalue weighted by Gasteiger charge is 2.43. The van der Waals surface area contributed by atoms with Crippen LogP contribution in [0.4, 0.5) is 0 Å². The van der Waals surface area contributed by atoms with Crippen LogP contribution in [0.5, 0.6) is 0 Å². The minimum Gasteiger partial charge on any atom is -0.377 e. The van der Waals surface area contributed by atoms with Crippen molar-refractivity contribution in [1.29, 1.82) is 0 Å². The fourth-order valence-corrected chi connectivity index (χ4v) is 3.42. The fourth-order valence-electron chi connectivity index (χ4n) is 1.28. The van der Waals surface area contributed by atoms with Gasteiger partial charge in [0.15, 0.2) is 0 Å². The molecule has 73 valence electrons. The zero-order chi connectivity index (χ0) is 9.61. The summed E-state index contributed by atoms with van der Waals surface area (Å²) < 4.78 is 15.8. The molecule has 0 fully saturated rings. The molecule has 0 saturated heterocycles. The SMILES string of the molecule is [CH2]C(CCC)[Si](OC)(OC)OC. The summed E-state index contributed by atoms with van der Waals surface area (Å²) in [5, 5.41) is 0. The summed E-state index contributed by atoms with van der Waals surface area (Å²) in [5.74, 6) is 0. The maximum atomic E-state index is 5.28. The van der Waals surface area contributed by atoms with Crippen molar-refractivity contribution >= 4 is 8.80 Å². The first-order valence-electron chi connectivity index (χ1n) is 4.15. The Kier molecular flexibility index (Phi) is 5.74. The van der Waals surface area contributed by atoms with Crippen molar-refractivity contribution in [2.45, 2.75) is 25.3 Å². The maximum Gasteiger partial charge on any atom is 0.503 e. The zero-order valence-corrected chi connectivity index (χ0v) is 9.42. The van der Waals surface area contributed by atoms with Crippen LogP contribution < -0.4 is 0 Å². The van der Waals surface area contributed by atoms with Crippen molar-refractivity contribution in [2.75, 3.05) is 21.3 Å². The van der Waals surface area contributed by atoms with E-state index in [1.807, 2.05) is 0 Å². The first-order chi connectivity index (χ1) is 5.66. The molecule has 0 bridgehead atoms. The van der Waals surface area contributed by atoms with Crippen molar-refractivity contribution in [1.82, 2.24) is 0 Å². The smallest absolute Gasteiger partial charge is 0.377 e. The van der Waals surface area contributed by atoms with E-state index < -0.39 is 8.80 Å². The predicted molar refractivity (Wildman–Crippen MR) is 50.8 cm³/mol. The molecule has 0 aliphatic rings. The van der Waals surface area contributed by atoms with Gasteiger partial charge in [-0.15, -0.1) is 0 Å². The summed E-state index contributed by atoms with van der Waals surface area (Å²) in [4.78, 5) is 0. The van der Waals surface area contributed by atoms with Crippen LogP contribution in [0.1, 0.15) is 19.8 Å². The van der Waals surface area contributed by atoms with E-state index >= 15 is 0 Å². The Bertz CT molecular complexity index is 107. The van der Waals surface area contributed by atoms with Gasteiger partial charge in [0.1, 0.15) is 0 Å². The van der Waals surface area contributed by atoms with E-state index in [1.54, 1.807) is 21.3 Å². The lowest BCUT2D eigenvalue weighted by molar-refractivity contribution is 0.115. The lowest BCUT2D eigenvalue weighted by atomic mass is 10.3. The van der Waals surface area contributed by atoms with Gasteiger partial charge >= 0.3 is 8.80 Å². The lowest BCUT2D eigenvalue weighted by Crippen LogP contribution is -2.46. The Morgan fingerprint density at radius 3 is 1.83 bits per heavy atom. The van der Waals surface area contributed by atoms with Gasteiger partial charge in [0.25, 0.3) is 0 Å². The molecule has 0 aliphatic carbocycles. The van der Waals surface area contributed by atoms with Crippen molar-refractivity contribution in [3.05, 3.63) is 6.92 Å². The van der Waals surface area contributed by atoms with Gasteiger partial charge < -0.3 is 13.3 Å². The highest BCUT2D eigenvalue weighted by molar-refractivity contribution is 6.62. The van der Waals surface area contributed by atoms with Crippen LogP contribution in [-0.4, -0.2) is 30.1 Å². The van der Waals surface area contributed by atoms with Crippen molar-refractivity contribution in [3.8, 4) is 0 Å². The Hall–Kier alpha value is 0.0969. The molecule has 0 aromatic carbocycles. The number of rotatable bonds is 6. The third-order valence-electron chi connectivity index (χ3n) is 1.99. The van der Waals surface area contributed by atoms with Crippen molar-refractivity contribution < 1.29 is 13.3 Å². The summed E-state index contributed by atoms with van der Waals surface area (Å²) in [6.07, 6.45) is 2.04. The second-order valence-corrected chi connectivity index (χ2v) is 5.95. The lowest BCUT2D eigenvalue weighted by Gasteiger charge is -2.29. The van der Waals surface area contributed by atoms with Gasteiger partial charge in [0.2, 0.25) is 0 Å². The molecular formula is C8H19O3Si. The number of hydrogen-bond acceptors (Lipinski definition) is 3. The predicted octanol–water partition coefficient (Wildman–Crippen LogP) is 1.87. The standard InChI is InChI=1S/C8H19O3Si/c1-6-7-8(2)12(9-3,10-4)11-5/h8H,2,6-7H2,1,3-5H3. The summed E-state index contributed by atoms with van der Waals surface area (Å²) in [6.45, 7) is 6.11. The van der Waals surface area contributed by atoms with E-state index in [9.17, 15) is 0 Å². The Balaban J connectivity index is 4.24. The third kappa shape index (κ3) is 2.55. The van der Waals surface area contributed by atoms with E-state index in [-0.39, 0.29) is 5.54 Å². The van der Waals surface area contributed by atoms with E-state index in [2.05, 4.69) is 13.8 Å². The molecule has 12 heavy (non-hydrogen) atoms. The summed E-state index contributed by atoms with van der Waals surface area (Å²) in [5.41, 5.74) is 0.127. The van der Waals surface area contributed by atoms with Crippen LogP contribution in [0.2, 0.25) is 5.54 Å². The average molecular weight is 191 g/mol. The Labute approximate surface area is 76.4 Å².